The zero-order valence-electron chi connectivity index (χ0n) is 10.9. The number of hydrogen-bond acceptors (Lipinski definition) is 2. The van der Waals surface area contributed by atoms with Crippen molar-refractivity contribution in [3.63, 3.8) is 0 Å². The third-order valence-corrected chi connectivity index (χ3v) is 3.70. The lowest BCUT2D eigenvalue weighted by molar-refractivity contribution is -0.123. The summed E-state index contributed by atoms with van der Waals surface area (Å²) in [6.07, 6.45) is 5.76. The Bertz CT molecular complexity index is 407. The largest absolute Gasteiger partial charge is 0.508 e. The van der Waals surface area contributed by atoms with E-state index in [0.717, 1.165) is 31.2 Å². The number of aryl methyl sites for hydroxylation is 1. The summed E-state index contributed by atoms with van der Waals surface area (Å²) >= 11 is 0. The fraction of sp³-hybridized carbons (Fsp3) is 0.533. The quantitative estimate of drug-likeness (QED) is 0.840. The van der Waals surface area contributed by atoms with Crippen LogP contribution in [0, 0.1) is 0 Å². The molecule has 0 radical (unpaired) electrons. The minimum absolute atomic E-state index is 0.0651. The zero-order valence-corrected chi connectivity index (χ0v) is 10.9. The van der Waals surface area contributed by atoms with Crippen molar-refractivity contribution < 1.29 is 9.90 Å². The van der Waals surface area contributed by atoms with Crippen LogP contribution in [0.4, 0.5) is 0 Å². The van der Waals surface area contributed by atoms with Crippen LogP contribution in [0.3, 0.4) is 0 Å². The minimum atomic E-state index is 0.0651. The van der Waals surface area contributed by atoms with Crippen molar-refractivity contribution in [3.05, 3.63) is 29.8 Å². The van der Waals surface area contributed by atoms with Gasteiger partial charge in [-0.25, -0.2) is 0 Å². The molecule has 0 aliphatic heterocycles. The Kier molecular flexibility index (Phi) is 3.90. The highest BCUT2D eigenvalue weighted by atomic mass is 16.3. The van der Waals surface area contributed by atoms with Crippen molar-refractivity contribution in [3.8, 4) is 5.75 Å². The molecule has 1 aliphatic carbocycles. The number of carbonyl (C=O) groups excluding carboxylic acids is 1. The molecule has 1 aromatic rings. The molecule has 1 saturated carbocycles. The molecule has 0 spiro atoms. The van der Waals surface area contributed by atoms with E-state index in [4.69, 9.17) is 5.11 Å². The predicted molar refractivity (Wildman–Crippen MR) is 71.4 cm³/mol. The van der Waals surface area contributed by atoms with E-state index in [0.29, 0.717) is 6.42 Å². The second-order valence-corrected chi connectivity index (χ2v) is 5.48. The van der Waals surface area contributed by atoms with Gasteiger partial charge in [0.1, 0.15) is 5.75 Å². The second kappa shape index (κ2) is 5.42. The average Bonchev–Trinajstić information content (AvgIpc) is 2.30. The molecular formula is C15H21NO2. The van der Waals surface area contributed by atoms with E-state index in [-0.39, 0.29) is 17.2 Å². The van der Waals surface area contributed by atoms with Crippen LogP contribution in [0.25, 0.3) is 0 Å². The van der Waals surface area contributed by atoms with E-state index in [1.165, 1.54) is 6.42 Å². The maximum atomic E-state index is 11.7. The van der Waals surface area contributed by atoms with Gasteiger partial charge in [0.25, 0.3) is 0 Å². The average molecular weight is 247 g/mol. The van der Waals surface area contributed by atoms with Crippen LogP contribution in [-0.2, 0) is 11.2 Å². The third kappa shape index (κ3) is 3.49. The molecule has 18 heavy (non-hydrogen) atoms. The number of phenolic OH excluding ortho intramolecular Hbond substituents is 1. The van der Waals surface area contributed by atoms with E-state index < -0.39 is 0 Å². The first-order chi connectivity index (χ1) is 8.57. The number of nitrogens with one attached hydrogen (secondary N) is 1. The van der Waals surface area contributed by atoms with Crippen LogP contribution in [0.5, 0.6) is 5.75 Å². The van der Waals surface area contributed by atoms with Crippen LogP contribution >= 0.6 is 0 Å². The zero-order chi connectivity index (χ0) is 13.0. The summed E-state index contributed by atoms with van der Waals surface area (Å²) in [5.74, 6) is 0.449. The van der Waals surface area contributed by atoms with Gasteiger partial charge in [0.05, 0.1) is 0 Å². The number of amides is 1. The van der Waals surface area contributed by atoms with Crippen LogP contribution in [0.15, 0.2) is 24.3 Å². The van der Waals surface area contributed by atoms with E-state index in [1.54, 1.807) is 12.1 Å². The molecule has 3 nitrogen and oxygen atoms in total. The molecule has 98 valence electrons. The van der Waals surface area contributed by atoms with Crippen LogP contribution < -0.4 is 5.32 Å². The summed E-state index contributed by atoms with van der Waals surface area (Å²) in [7, 11) is 0. The lowest BCUT2D eigenvalue weighted by Gasteiger charge is -2.39. The Morgan fingerprint density at radius 3 is 2.56 bits per heavy atom. The van der Waals surface area contributed by atoms with Gasteiger partial charge >= 0.3 is 0 Å². The van der Waals surface area contributed by atoms with Crippen molar-refractivity contribution in [2.45, 2.75) is 51.0 Å². The lowest BCUT2D eigenvalue weighted by atomic mass is 9.78. The molecule has 0 unspecified atom stereocenters. The fourth-order valence-electron chi connectivity index (χ4n) is 2.35. The molecular weight excluding hydrogens is 226 g/mol. The normalized spacial score (nSPS) is 16.9. The smallest absolute Gasteiger partial charge is 0.220 e. The van der Waals surface area contributed by atoms with Gasteiger partial charge in [-0.15, -0.1) is 0 Å². The summed E-state index contributed by atoms with van der Waals surface area (Å²) in [5.41, 5.74) is 1.23. The highest BCUT2D eigenvalue weighted by molar-refractivity contribution is 5.76. The summed E-state index contributed by atoms with van der Waals surface area (Å²) in [6.45, 7) is 2.12. The topological polar surface area (TPSA) is 49.3 Å². The van der Waals surface area contributed by atoms with Gasteiger partial charge in [0.2, 0.25) is 5.91 Å². The van der Waals surface area contributed by atoms with Gasteiger partial charge in [-0.3, -0.25) is 4.79 Å². The summed E-state index contributed by atoms with van der Waals surface area (Å²) in [5, 5.41) is 12.3. The number of hydrogen-bond donors (Lipinski definition) is 2. The van der Waals surface area contributed by atoms with Crippen molar-refractivity contribution in [2.24, 2.45) is 0 Å². The SMILES string of the molecule is CC1(NC(=O)CCCc2ccc(O)cc2)CCC1. The summed E-state index contributed by atoms with van der Waals surface area (Å²) in [6, 6.07) is 7.18. The Balaban J connectivity index is 1.68. The Hall–Kier alpha value is -1.51. The molecule has 3 heteroatoms. The highest BCUT2D eigenvalue weighted by Crippen LogP contribution is 2.30. The van der Waals surface area contributed by atoms with Crippen molar-refractivity contribution in [1.82, 2.24) is 5.32 Å². The molecule has 0 bridgehead atoms. The molecule has 1 aromatic carbocycles. The Morgan fingerprint density at radius 1 is 1.33 bits per heavy atom. The fourth-order valence-corrected chi connectivity index (χ4v) is 2.35. The molecule has 0 atom stereocenters. The van der Waals surface area contributed by atoms with Gasteiger partial charge in [-0.2, -0.15) is 0 Å². The number of rotatable bonds is 5. The molecule has 0 aromatic heterocycles. The van der Waals surface area contributed by atoms with Crippen LogP contribution in [-0.4, -0.2) is 16.6 Å². The first-order valence-corrected chi connectivity index (χ1v) is 6.66. The second-order valence-electron chi connectivity index (χ2n) is 5.48. The molecule has 0 heterocycles. The van der Waals surface area contributed by atoms with E-state index >= 15 is 0 Å². The first-order valence-electron chi connectivity index (χ1n) is 6.66. The van der Waals surface area contributed by atoms with Crippen LogP contribution in [0.2, 0.25) is 0 Å². The highest BCUT2D eigenvalue weighted by Gasteiger charge is 2.32. The molecule has 2 N–H and O–H groups in total. The maximum Gasteiger partial charge on any atom is 0.220 e. The van der Waals surface area contributed by atoms with Crippen molar-refractivity contribution >= 4 is 5.91 Å². The lowest BCUT2D eigenvalue weighted by Crippen LogP contribution is -2.50. The number of carbonyl (C=O) groups is 1. The Morgan fingerprint density at radius 2 is 2.00 bits per heavy atom. The monoisotopic (exact) mass is 247 g/mol. The molecule has 2 rings (SSSR count). The summed E-state index contributed by atoms with van der Waals surface area (Å²) in [4.78, 5) is 11.7. The molecule has 0 saturated heterocycles. The minimum Gasteiger partial charge on any atom is -0.508 e. The first kappa shape index (κ1) is 12.9. The van der Waals surface area contributed by atoms with Crippen LogP contribution in [0.1, 0.15) is 44.6 Å². The molecule has 1 fully saturated rings. The van der Waals surface area contributed by atoms with E-state index in [2.05, 4.69) is 12.2 Å². The van der Waals surface area contributed by atoms with E-state index in [1.807, 2.05) is 12.1 Å². The summed E-state index contributed by atoms with van der Waals surface area (Å²) < 4.78 is 0. The maximum absolute atomic E-state index is 11.7. The third-order valence-electron chi connectivity index (χ3n) is 3.70. The Labute approximate surface area is 108 Å². The van der Waals surface area contributed by atoms with Gasteiger partial charge < -0.3 is 10.4 Å². The van der Waals surface area contributed by atoms with Gasteiger partial charge in [-0.1, -0.05) is 12.1 Å². The van der Waals surface area contributed by atoms with Gasteiger partial charge in [-0.05, 0) is 56.7 Å². The van der Waals surface area contributed by atoms with Crippen molar-refractivity contribution in [1.29, 1.82) is 0 Å². The molecule has 1 amide bonds. The standard InChI is InChI=1S/C15H21NO2/c1-15(10-3-11-15)16-14(18)5-2-4-12-6-8-13(17)9-7-12/h6-9,17H,2-5,10-11H2,1H3,(H,16,18). The van der Waals surface area contributed by atoms with Gasteiger partial charge in [0.15, 0.2) is 0 Å². The number of aromatic hydroxyl groups is 1. The van der Waals surface area contributed by atoms with Crippen molar-refractivity contribution in [2.75, 3.05) is 0 Å². The number of benzene rings is 1. The predicted octanol–water partition coefficient (Wildman–Crippen LogP) is 2.77. The molecule has 1 aliphatic rings. The van der Waals surface area contributed by atoms with E-state index in [9.17, 15) is 4.79 Å². The van der Waals surface area contributed by atoms with Gasteiger partial charge in [0, 0.05) is 12.0 Å². The number of phenols is 1.